The molecule has 2 N–H and O–H groups in total. The van der Waals surface area contributed by atoms with Gasteiger partial charge in [-0.3, -0.25) is 4.98 Å². The first kappa shape index (κ1) is 18.3. The van der Waals surface area contributed by atoms with Gasteiger partial charge in [0, 0.05) is 17.1 Å². The molecule has 0 unspecified atom stereocenters. The Morgan fingerprint density at radius 3 is 2.42 bits per heavy atom. The second-order valence-corrected chi connectivity index (χ2v) is 5.39. The Bertz CT molecular complexity index is 809. The van der Waals surface area contributed by atoms with Gasteiger partial charge in [-0.05, 0) is 29.6 Å². The van der Waals surface area contributed by atoms with Crippen molar-refractivity contribution in [3.8, 4) is 5.75 Å². The van der Waals surface area contributed by atoms with E-state index in [0.29, 0.717) is 12.1 Å². The number of benzene rings is 2. The second-order valence-electron chi connectivity index (χ2n) is 5.39. The van der Waals surface area contributed by atoms with Crippen molar-refractivity contribution in [1.29, 1.82) is 0 Å². The minimum Gasteiger partial charge on any atom is -0.488 e. The molecular weight excluding hydrogens is 324 g/mol. The lowest BCUT2D eigenvalue weighted by molar-refractivity contribution is 0.309. The molecule has 0 aliphatic heterocycles. The Hall–Kier alpha value is -2.08. The SMILES string of the molecule is CCc1cc(OCc2ccc(B(O)O)cc2)c2ccccc2n1.Cl. The third-order valence-corrected chi connectivity index (χ3v) is 3.77. The van der Waals surface area contributed by atoms with E-state index < -0.39 is 7.12 Å². The highest BCUT2D eigenvalue weighted by molar-refractivity contribution is 6.58. The van der Waals surface area contributed by atoms with Gasteiger partial charge >= 0.3 is 7.12 Å². The van der Waals surface area contributed by atoms with Gasteiger partial charge in [-0.25, -0.2) is 0 Å². The fraction of sp³-hybridized carbons (Fsp3) is 0.167. The quantitative estimate of drug-likeness (QED) is 0.699. The molecule has 2 aromatic carbocycles. The van der Waals surface area contributed by atoms with Gasteiger partial charge in [0.2, 0.25) is 0 Å². The predicted molar refractivity (Wildman–Crippen MR) is 99.0 cm³/mol. The van der Waals surface area contributed by atoms with Crippen molar-refractivity contribution in [2.24, 2.45) is 0 Å². The van der Waals surface area contributed by atoms with Gasteiger partial charge < -0.3 is 14.8 Å². The van der Waals surface area contributed by atoms with Crippen LogP contribution in [0.3, 0.4) is 0 Å². The number of hydrogen-bond acceptors (Lipinski definition) is 4. The van der Waals surface area contributed by atoms with Crippen molar-refractivity contribution >= 4 is 35.9 Å². The highest BCUT2D eigenvalue weighted by atomic mass is 35.5. The summed E-state index contributed by atoms with van der Waals surface area (Å²) >= 11 is 0. The number of para-hydroxylation sites is 1. The third-order valence-electron chi connectivity index (χ3n) is 3.77. The number of halogens is 1. The molecule has 0 saturated carbocycles. The number of nitrogens with zero attached hydrogens (tertiary/aromatic N) is 1. The van der Waals surface area contributed by atoms with Gasteiger partial charge in [-0.1, -0.05) is 43.3 Å². The molecular formula is C18H19BClNO3. The van der Waals surface area contributed by atoms with Gasteiger partial charge in [-0.2, -0.15) is 0 Å². The molecule has 3 rings (SSSR count). The minimum absolute atomic E-state index is 0. The maximum Gasteiger partial charge on any atom is 0.488 e. The van der Waals surface area contributed by atoms with Crippen LogP contribution in [0.15, 0.2) is 54.6 Å². The Morgan fingerprint density at radius 1 is 1.04 bits per heavy atom. The molecule has 0 bridgehead atoms. The maximum atomic E-state index is 9.12. The van der Waals surface area contributed by atoms with Crippen LogP contribution in [-0.4, -0.2) is 22.2 Å². The summed E-state index contributed by atoms with van der Waals surface area (Å²) in [5, 5.41) is 19.2. The Morgan fingerprint density at radius 2 is 1.75 bits per heavy atom. The number of fused-ring (bicyclic) bond motifs is 1. The van der Waals surface area contributed by atoms with E-state index in [1.165, 1.54) is 0 Å². The normalized spacial score (nSPS) is 10.3. The average Bonchev–Trinajstić information content (AvgIpc) is 2.59. The van der Waals surface area contributed by atoms with Crippen molar-refractivity contribution in [2.45, 2.75) is 20.0 Å². The van der Waals surface area contributed by atoms with Gasteiger partial charge in [0.05, 0.1) is 5.52 Å². The van der Waals surface area contributed by atoms with E-state index in [-0.39, 0.29) is 12.4 Å². The van der Waals surface area contributed by atoms with Gasteiger partial charge in [-0.15, -0.1) is 12.4 Å². The lowest BCUT2D eigenvalue weighted by Crippen LogP contribution is -2.29. The van der Waals surface area contributed by atoms with E-state index in [9.17, 15) is 0 Å². The van der Waals surface area contributed by atoms with Crippen molar-refractivity contribution in [3.63, 3.8) is 0 Å². The summed E-state index contributed by atoms with van der Waals surface area (Å²) < 4.78 is 5.98. The first-order chi connectivity index (χ1) is 11.2. The van der Waals surface area contributed by atoms with E-state index in [1.807, 2.05) is 42.5 Å². The van der Waals surface area contributed by atoms with Crippen LogP contribution in [0.4, 0.5) is 0 Å². The zero-order chi connectivity index (χ0) is 16.2. The van der Waals surface area contributed by atoms with Crippen LogP contribution in [0.5, 0.6) is 5.75 Å². The fourth-order valence-electron chi connectivity index (χ4n) is 2.44. The fourth-order valence-corrected chi connectivity index (χ4v) is 2.44. The average molecular weight is 344 g/mol. The molecule has 1 heterocycles. The lowest BCUT2D eigenvalue weighted by atomic mass is 9.80. The third kappa shape index (κ3) is 4.06. The number of ether oxygens (including phenoxy) is 1. The molecule has 0 amide bonds. The number of rotatable bonds is 5. The van der Waals surface area contributed by atoms with Gasteiger partial charge in [0.15, 0.2) is 0 Å². The van der Waals surface area contributed by atoms with Crippen LogP contribution >= 0.6 is 12.4 Å². The maximum absolute atomic E-state index is 9.12. The van der Waals surface area contributed by atoms with E-state index in [2.05, 4.69) is 11.9 Å². The summed E-state index contributed by atoms with van der Waals surface area (Å²) in [5.41, 5.74) is 3.36. The molecule has 0 aliphatic rings. The summed E-state index contributed by atoms with van der Waals surface area (Å²) in [6.07, 6.45) is 0.851. The number of hydrogen-bond donors (Lipinski definition) is 2. The molecule has 3 aromatic rings. The van der Waals surface area contributed by atoms with E-state index >= 15 is 0 Å². The molecule has 1 aromatic heterocycles. The highest BCUT2D eigenvalue weighted by Gasteiger charge is 2.10. The predicted octanol–water partition coefficient (Wildman–Crippen LogP) is 2.48. The standard InChI is InChI=1S/C18H18BNO3.ClH/c1-2-15-11-18(16-5-3-4-6-17(16)20-15)23-12-13-7-9-14(10-8-13)19(21)22;/h3-11,21-22H,2,12H2,1H3;1H. The molecule has 0 atom stereocenters. The van der Waals surface area contributed by atoms with E-state index in [4.69, 9.17) is 14.8 Å². The van der Waals surface area contributed by atoms with Crippen LogP contribution in [0.1, 0.15) is 18.2 Å². The summed E-state index contributed by atoms with van der Waals surface area (Å²) in [6, 6.07) is 16.9. The van der Waals surface area contributed by atoms with Crippen LogP contribution in [0.25, 0.3) is 10.9 Å². The van der Waals surface area contributed by atoms with Crippen molar-refractivity contribution < 1.29 is 14.8 Å². The summed E-state index contributed by atoms with van der Waals surface area (Å²) in [6.45, 7) is 2.48. The topological polar surface area (TPSA) is 62.6 Å². The highest BCUT2D eigenvalue weighted by Crippen LogP contribution is 2.26. The summed E-state index contributed by atoms with van der Waals surface area (Å²) in [4.78, 5) is 4.60. The molecule has 6 heteroatoms. The molecule has 0 fully saturated rings. The summed E-state index contributed by atoms with van der Waals surface area (Å²) in [7, 11) is -1.44. The van der Waals surface area contributed by atoms with E-state index in [1.54, 1.807) is 12.1 Å². The zero-order valence-electron chi connectivity index (χ0n) is 13.3. The first-order valence-corrected chi connectivity index (χ1v) is 7.64. The molecule has 0 radical (unpaired) electrons. The number of pyridine rings is 1. The first-order valence-electron chi connectivity index (χ1n) is 7.64. The smallest absolute Gasteiger partial charge is 0.488 e. The van der Waals surface area contributed by atoms with Crippen LogP contribution in [0.2, 0.25) is 0 Å². The molecule has 0 spiro atoms. The van der Waals surface area contributed by atoms with E-state index in [0.717, 1.165) is 34.3 Å². The largest absolute Gasteiger partial charge is 0.488 e. The molecule has 124 valence electrons. The number of aromatic nitrogens is 1. The van der Waals surface area contributed by atoms with Gasteiger partial charge in [0.25, 0.3) is 0 Å². The Balaban J connectivity index is 0.00000208. The van der Waals surface area contributed by atoms with Crippen LogP contribution < -0.4 is 10.2 Å². The lowest BCUT2D eigenvalue weighted by Gasteiger charge is -2.11. The van der Waals surface area contributed by atoms with Crippen molar-refractivity contribution in [1.82, 2.24) is 4.98 Å². The zero-order valence-corrected chi connectivity index (χ0v) is 14.2. The second kappa shape index (κ2) is 8.15. The van der Waals surface area contributed by atoms with Crippen molar-refractivity contribution in [3.05, 3.63) is 65.9 Å². The molecule has 0 saturated heterocycles. The summed E-state index contributed by atoms with van der Waals surface area (Å²) in [5.74, 6) is 0.818. The van der Waals surface area contributed by atoms with Gasteiger partial charge in [0.1, 0.15) is 12.4 Å². The van der Waals surface area contributed by atoms with Crippen LogP contribution in [-0.2, 0) is 13.0 Å². The number of aryl methyl sites for hydroxylation is 1. The Kier molecular flexibility index (Phi) is 6.20. The Labute approximate surface area is 147 Å². The minimum atomic E-state index is -1.44. The molecule has 0 aliphatic carbocycles. The van der Waals surface area contributed by atoms with Crippen molar-refractivity contribution in [2.75, 3.05) is 0 Å². The molecule has 4 nitrogen and oxygen atoms in total. The monoisotopic (exact) mass is 343 g/mol. The molecule has 24 heavy (non-hydrogen) atoms. The van der Waals surface area contributed by atoms with Crippen LogP contribution in [0, 0.1) is 0 Å².